The van der Waals surface area contributed by atoms with E-state index in [1.165, 1.54) is 0 Å². The zero-order valence-corrected chi connectivity index (χ0v) is 10.7. The van der Waals surface area contributed by atoms with Crippen molar-refractivity contribution < 1.29 is 14.3 Å². The van der Waals surface area contributed by atoms with Gasteiger partial charge in [-0.1, -0.05) is 13.8 Å². The second-order valence-corrected chi connectivity index (χ2v) is 5.11. The Morgan fingerprint density at radius 2 is 2.39 bits per heavy atom. The van der Waals surface area contributed by atoms with Crippen molar-refractivity contribution in [2.75, 3.05) is 6.61 Å². The second-order valence-electron chi connectivity index (χ2n) is 5.11. The highest BCUT2D eigenvalue weighted by molar-refractivity contribution is 5.75. The maximum atomic E-state index is 11.7. The standard InChI is InChI=1S/C13H20N2O3/c1-8(2)11(7-16)15-13(17)14-10-6-9(10)12-4-3-5-18-12/h3-5,8-11,16H,6-7H2,1-2H3,(H2,14,15,17)/t9-,10-,11+/m1/s1. The number of nitrogens with one attached hydrogen (secondary N) is 2. The van der Waals surface area contributed by atoms with Crippen LogP contribution in [0.25, 0.3) is 0 Å². The fourth-order valence-electron chi connectivity index (χ4n) is 1.97. The first-order valence-electron chi connectivity index (χ1n) is 6.33. The molecule has 1 aliphatic rings. The van der Waals surface area contributed by atoms with E-state index >= 15 is 0 Å². The summed E-state index contributed by atoms with van der Waals surface area (Å²) in [4.78, 5) is 11.7. The third kappa shape index (κ3) is 3.04. The lowest BCUT2D eigenvalue weighted by Gasteiger charge is -2.20. The van der Waals surface area contributed by atoms with Crippen molar-refractivity contribution in [3.05, 3.63) is 24.2 Å². The van der Waals surface area contributed by atoms with Gasteiger partial charge >= 0.3 is 6.03 Å². The van der Waals surface area contributed by atoms with Crippen LogP contribution in [0.3, 0.4) is 0 Å². The van der Waals surface area contributed by atoms with Gasteiger partial charge in [-0.3, -0.25) is 0 Å². The van der Waals surface area contributed by atoms with Crippen molar-refractivity contribution in [1.29, 1.82) is 0 Å². The second kappa shape index (κ2) is 5.44. The molecule has 5 heteroatoms. The summed E-state index contributed by atoms with van der Waals surface area (Å²) in [5, 5.41) is 14.8. The summed E-state index contributed by atoms with van der Waals surface area (Å²) in [6.07, 6.45) is 2.55. The summed E-state index contributed by atoms with van der Waals surface area (Å²) < 4.78 is 5.30. The van der Waals surface area contributed by atoms with E-state index in [2.05, 4.69) is 10.6 Å². The van der Waals surface area contributed by atoms with Crippen molar-refractivity contribution >= 4 is 6.03 Å². The molecule has 3 N–H and O–H groups in total. The van der Waals surface area contributed by atoms with Crippen LogP contribution in [0.15, 0.2) is 22.8 Å². The number of aliphatic hydroxyl groups excluding tert-OH is 1. The lowest BCUT2D eigenvalue weighted by atomic mass is 10.1. The first-order valence-corrected chi connectivity index (χ1v) is 6.33. The predicted molar refractivity (Wildman–Crippen MR) is 67.2 cm³/mol. The molecule has 1 heterocycles. The molecule has 0 radical (unpaired) electrons. The topological polar surface area (TPSA) is 74.5 Å². The number of hydrogen-bond donors (Lipinski definition) is 3. The minimum atomic E-state index is -0.221. The summed E-state index contributed by atoms with van der Waals surface area (Å²) in [7, 11) is 0. The van der Waals surface area contributed by atoms with Crippen LogP contribution in [-0.2, 0) is 0 Å². The van der Waals surface area contributed by atoms with Crippen molar-refractivity contribution in [1.82, 2.24) is 10.6 Å². The number of hydrogen-bond acceptors (Lipinski definition) is 3. The highest BCUT2D eigenvalue weighted by atomic mass is 16.3. The van der Waals surface area contributed by atoms with Crippen LogP contribution in [0.4, 0.5) is 4.79 Å². The number of rotatable bonds is 5. The van der Waals surface area contributed by atoms with Crippen LogP contribution in [0.5, 0.6) is 0 Å². The van der Waals surface area contributed by atoms with Gasteiger partial charge in [0, 0.05) is 12.0 Å². The van der Waals surface area contributed by atoms with Gasteiger partial charge in [0.1, 0.15) is 5.76 Å². The average molecular weight is 252 g/mol. The van der Waals surface area contributed by atoms with Crippen LogP contribution in [0, 0.1) is 5.92 Å². The van der Waals surface area contributed by atoms with E-state index in [0.29, 0.717) is 0 Å². The zero-order chi connectivity index (χ0) is 13.1. The van der Waals surface area contributed by atoms with Crippen LogP contribution >= 0.6 is 0 Å². The molecule has 0 bridgehead atoms. The summed E-state index contributed by atoms with van der Waals surface area (Å²) in [5.74, 6) is 1.42. The Labute approximate surface area is 107 Å². The molecule has 5 nitrogen and oxygen atoms in total. The van der Waals surface area contributed by atoms with Gasteiger partial charge in [-0.25, -0.2) is 4.79 Å². The van der Waals surface area contributed by atoms with Crippen molar-refractivity contribution in [3.8, 4) is 0 Å². The van der Waals surface area contributed by atoms with E-state index in [-0.39, 0.29) is 36.6 Å². The molecule has 1 aliphatic carbocycles. The molecular formula is C13H20N2O3. The molecule has 18 heavy (non-hydrogen) atoms. The molecule has 1 fully saturated rings. The lowest BCUT2D eigenvalue weighted by molar-refractivity contribution is 0.198. The monoisotopic (exact) mass is 252 g/mol. The van der Waals surface area contributed by atoms with Gasteiger partial charge in [-0.2, -0.15) is 0 Å². The first kappa shape index (κ1) is 13.0. The Morgan fingerprint density at radius 1 is 1.61 bits per heavy atom. The maximum absolute atomic E-state index is 11.7. The van der Waals surface area contributed by atoms with Crippen molar-refractivity contribution in [2.24, 2.45) is 5.92 Å². The number of furan rings is 1. The van der Waals surface area contributed by atoms with Crippen molar-refractivity contribution in [2.45, 2.75) is 38.3 Å². The SMILES string of the molecule is CC(C)[C@H](CO)NC(=O)N[C@@H]1C[C@H]1c1ccco1. The van der Waals surface area contributed by atoms with E-state index in [1.807, 2.05) is 26.0 Å². The van der Waals surface area contributed by atoms with Gasteiger partial charge in [-0.05, 0) is 24.5 Å². The smallest absolute Gasteiger partial charge is 0.315 e. The maximum Gasteiger partial charge on any atom is 0.315 e. The average Bonchev–Trinajstić information content (AvgIpc) is 2.89. The predicted octanol–water partition coefficient (Wildman–Crippen LogP) is 1.45. The zero-order valence-electron chi connectivity index (χ0n) is 10.7. The molecule has 2 amide bonds. The highest BCUT2D eigenvalue weighted by Crippen LogP contribution is 2.40. The van der Waals surface area contributed by atoms with E-state index in [4.69, 9.17) is 9.52 Å². The molecule has 1 saturated carbocycles. The molecule has 1 aromatic rings. The number of amides is 2. The summed E-state index contributed by atoms with van der Waals surface area (Å²) >= 11 is 0. The number of carbonyl (C=O) groups is 1. The summed E-state index contributed by atoms with van der Waals surface area (Å²) in [5.41, 5.74) is 0. The Morgan fingerprint density at radius 3 is 2.94 bits per heavy atom. The lowest BCUT2D eigenvalue weighted by Crippen LogP contribution is -2.47. The number of carbonyl (C=O) groups excluding carboxylic acids is 1. The molecule has 100 valence electrons. The van der Waals surface area contributed by atoms with Gasteiger partial charge in [-0.15, -0.1) is 0 Å². The first-order chi connectivity index (χ1) is 8.61. The summed E-state index contributed by atoms with van der Waals surface area (Å²) in [6.45, 7) is 3.88. The molecular weight excluding hydrogens is 232 g/mol. The summed E-state index contributed by atoms with van der Waals surface area (Å²) in [6, 6.07) is 3.50. The Kier molecular flexibility index (Phi) is 3.91. The largest absolute Gasteiger partial charge is 0.469 e. The van der Waals surface area contributed by atoms with Crippen LogP contribution in [-0.4, -0.2) is 29.8 Å². The molecule has 0 aromatic carbocycles. The Balaban J connectivity index is 1.76. The third-order valence-corrected chi connectivity index (χ3v) is 3.33. The van der Waals surface area contributed by atoms with Crippen LogP contribution < -0.4 is 10.6 Å². The van der Waals surface area contributed by atoms with Gasteiger partial charge in [0.25, 0.3) is 0 Å². The number of aliphatic hydroxyl groups is 1. The molecule has 0 spiro atoms. The minimum Gasteiger partial charge on any atom is -0.469 e. The van der Waals surface area contributed by atoms with E-state index < -0.39 is 0 Å². The molecule has 3 atom stereocenters. The van der Waals surface area contributed by atoms with Gasteiger partial charge in [0.05, 0.1) is 18.9 Å². The third-order valence-electron chi connectivity index (χ3n) is 3.33. The van der Waals surface area contributed by atoms with Gasteiger partial charge in [0.2, 0.25) is 0 Å². The number of urea groups is 1. The van der Waals surface area contributed by atoms with Crippen LogP contribution in [0.1, 0.15) is 31.9 Å². The van der Waals surface area contributed by atoms with Crippen LogP contribution in [0.2, 0.25) is 0 Å². The minimum absolute atomic E-state index is 0.0443. The van der Waals surface area contributed by atoms with E-state index in [1.54, 1.807) is 6.26 Å². The normalized spacial score (nSPS) is 23.8. The van der Waals surface area contributed by atoms with Gasteiger partial charge in [0.15, 0.2) is 0 Å². The molecule has 0 unspecified atom stereocenters. The van der Waals surface area contributed by atoms with E-state index in [0.717, 1.165) is 12.2 Å². The highest BCUT2D eigenvalue weighted by Gasteiger charge is 2.41. The van der Waals surface area contributed by atoms with Crippen molar-refractivity contribution in [3.63, 3.8) is 0 Å². The molecule has 0 saturated heterocycles. The Bertz CT molecular complexity index is 389. The fourth-order valence-corrected chi connectivity index (χ4v) is 1.97. The molecule has 2 rings (SSSR count). The van der Waals surface area contributed by atoms with Gasteiger partial charge < -0.3 is 20.2 Å². The molecule has 0 aliphatic heterocycles. The molecule has 1 aromatic heterocycles. The van der Waals surface area contributed by atoms with E-state index in [9.17, 15) is 4.79 Å². The quantitative estimate of drug-likeness (QED) is 0.742. The fraction of sp³-hybridized carbons (Fsp3) is 0.615. The Hall–Kier alpha value is -1.49.